The number of carbonyl (C=O) groups excluding carboxylic acids is 1. The summed E-state index contributed by atoms with van der Waals surface area (Å²) < 4.78 is 7.63. The van der Waals surface area contributed by atoms with Crippen molar-refractivity contribution < 1.29 is 9.53 Å². The number of hydrogen-bond donors (Lipinski definition) is 1. The van der Waals surface area contributed by atoms with Crippen LogP contribution in [-0.4, -0.2) is 61.4 Å². The van der Waals surface area contributed by atoms with E-state index in [1.54, 1.807) is 18.6 Å². The summed E-state index contributed by atoms with van der Waals surface area (Å²) in [6.07, 6.45) is 11.2. The molecular weight excluding hydrogens is 308 g/mol. The second-order valence-electron chi connectivity index (χ2n) is 5.93. The molecule has 3 aromatic heterocycles. The number of amides is 1. The summed E-state index contributed by atoms with van der Waals surface area (Å²) in [5.41, 5.74) is 2.30. The third kappa shape index (κ3) is 3.00. The molecule has 0 radical (unpaired) electrons. The first-order chi connectivity index (χ1) is 11.8. The van der Waals surface area contributed by atoms with Gasteiger partial charge in [-0.1, -0.05) is 0 Å². The van der Waals surface area contributed by atoms with Crippen molar-refractivity contribution in [3.05, 3.63) is 48.7 Å². The zero-order chi connectivity index (χ0) is 16.4. The highest BCUT2D eigenvalue weighted by molar-refractivity contribution is 5.92. The molecule has 1 N–H and O–H groups in total. The van der Waals surface area contributed by atoms with Gasteiger partial charge < -0.3 is 19.0 Å². The van der Waals surface area contributed by atoms with Crippen LogP contribution in [0.15, 0.2) is 37.3 Å². The zero-order valence-corrected chi connectivity index (χ0v) is 13.1. The van der Waals surface area contributed by atoms with Crippen LogP contribution in [0.25, 0.3) is 5.65 Å². The maximum absolute atomic E-state index is 12.5. The highest BCUT2D eigenvalue weighted by Crippen LogP contribution is 2.15. The monoisotopic (exact) mass is 326 g/mol. The van der Waals surface area contributed by atoms with Crippen molar-refractivity contribution in [3.63, 3.8) is 0 Å². The first-order valence-corrected chi connectivity index (χ1v) is 7.92. The average Bonchev–Trinajstić information content (AvgIpc) is 3.23. The van der Waals surface area contributed by atoms with Crippen molar-refractivity contribution in [2.45, 2.75) is 6.42 Å². The quantitative estimate of drug-likeness (QED) is 0.768. The van der Waals surface area contributed by atoms with Crippen molar-refractivity contribution in [1.29, 1.82) is 0 Å². The van der Waals surface area contributed by atoms with E-state index in [0.717, 1.165) is 17.8 Å². The van der Waals surface area contributed by atoms with E-state index in [4.69, 9.17) is 4.74 Å². The van der Waals surface area contributed by atoms with Gasteiger partial charge in [-0.3, -0.25) is 9.78 Å². The first-order valence-electron chi connectivity index (χ1n) is 7.92. The SMILES string of the molecule is O=C(c1cnc[nH]1)N1CCOCC(Cc2cn3ccnc3cn2)C1. The minimum atomic E-state index is -0.0407. The van der Waals surface area contributed by atoms with E-state index >= 15 is 0 Å². The number of aromatic nitrogens is 5. The summed E-state index contributed by atoms with van der Waals surface area (Å²) in [5.74, 6) is 0.161. The van der Waals surface area contributed by atoms with E-state index in [1.807, 2.05) is 21.7 Å². The van der Waals surface area contributed by atoms with E-state index < -0.39 is 0 Å². The summed E-state index contributed by atoms with van der Waals surface area (Å²) in [5, 5.41) is 0. The van der Waals surface area contributed by atoms with Crippen LogP contribution >= 0.6 is 0 Å². The molecule has 0 saturated carbocycles. The maximum Gasteiger partial charge on any atom is 0.272 e. The molecule has 4 heterocycles. The predicted octanol–water partition coefficient (Wildman–Crippen LogP) is 0.784. The van der Waals surface area contributed by atoms with Gasteiger partial charge in [0.05, 0.1) is 37.6 Å². The molecule has 0 spiro atoms. The Bertz CT molecular complexity index is 828. The Morgan fingerprint density at radius 3 is 3.21 bits per heavy atom. The lowest BCUT2D eigenvalue weighted by Gasteiger charge is -2.22. The summed E-state index contributed by atoms with van der Waals surface area (Å²) in [6, 6.07) is 0. The van der Waals surface area contributed by atoms with E-state index in [0.29, 0.717) is 32.0 Å². The molecule has 3 aromatic rings. The molecule has 1 aliphatic heterocycles. The normalized spacial score (nSPS) is 18.7. The number of aromatic amines is 1. The van der Waals surface area contributed by atoms with Gasteiger partial charge in [0.15, 0.2) is 5.65 Å². The Morgan fingerprint density at radius 1 is 1.38 bits per heavy atom. The summed E-state index contributed by atoms with van der Waals surface area (Å²) >= 11 is 0. The Morgan fingerprint density at radius 2 is 2.33 bits per heavy atom. The van der Waals surface area contributed by atoms with E-state index in [-0.39, 0.29) is 11.8 Å². The number of imidazole rings is 2. The van der Waals surface area contributed by atoms with Gasteiger partial charge in [-0.25, -0.2) is 9.97 Å². The van der Waals surface area contributed by atoms with Crippen molar-refractivity contribution in [3.8, 4) is 0 Å². The van der Waals surface area contributed by atoms with Crippen LogP contribution in [0.3, 0.4) is 0 Å². The third-order valence-electron chi connectivity index (χ3n) is 4.18. The van der Waals surface area contributed by atoms with Crippen LogP contribution in [0.5, 0.6) is 0 Å². The van der Waals surface area contributed by atoms with Crippen molar-refractivity contribution in [2.24, 2.45) is 5.92 Å². The fraction of sp³-hybridized carbons (Fsp3) is 0.375. The number of hydrogen-bond acceptors (Lipinski definition) is 5. The molecule has 8 nitrogen and oxygen atoms in total. The Kier molecular flexibility index (Phi) is 3.96. The molecule has 124 valence electrons. The topological polar surface area (TPSA) is 88.4 Å². The van der Waals surface area contributed by atoms with Gasteiger partial charge in [0.1, 0.15) is 5.69 Å². The average molecular weight is 326 g/mol. The Hall–Kier alpha value is -2.74. The number of carbonyl (C=O) groups is 1. The molecule has 0 aliphatic carbocycles. The highest BCUT2D eigenvalue weighted by Gasteiger charge is 2.24. The molecule has 1 atom stereocenters. The number of rotatable bonds is 3. The summed E-state index contributed by atoms with van der Waals surface area (Å²) in [7, 11) is 0. The number of fused-ring (bicyclic) bond motifs is 1. The number of nitrogens with one attached hydrogen (secondary N) is 1. The van der Waals surface area contributed by atoms with E-state index in [9.17, 15) is 4.79 Å². The van der Waals surface area contributed by atoms with Crippen LogP contribution in [0.2, 0.25) is 0 Å². The van der Waals surface area contributed by atoms with Gasteiger partial charge in [0, 0.05) is 37.6 Å². The van der Waals surface area contributed by atoms with E-state index in [1.165, 1.54) is 6.33 Å². The molecule has 1 amide bonds. The van der Waals surface area contributed by atoms with Gasteiger partial charge in [0.25, 0.3) is 5.91 Å². The van der Waals surface area contributed by atoms with Gasteiger partial charge >= 0.3 is 0 Å². The van der Waals surface area contributed by atoms with Gasteiger partial charge in [-0.2, -0.15) is 0 Å². The van der Waals surface area contributed by atoms with Crippen LogP contribution in [0.4, 0.5) is 0 Å². The van der Waals surface area contributed by atoms with Crippen LogP contribution < -0.4 is 0 Å². The molecule has 8 heteroatoms. The van der Waals surface area contributed by atoms with Crippen molar-refractivity contribution in [1.82, 2.24) is 29.2 Å². The maximum atomic E-state index is 12.5. The minimum absolute atomic E-state index is 0.0407. The lowest BCUT2D eigenvalue weighted by atomic mass is 10.0. The summed E-state index contributed by atoms with van der Waals surface area (Å²) in [4.78, 5) is 29.8. The highest BCUT2D eigenvalue weighted by atomic mass is 16.5. The van der Waals surface area contributed by atoms with Crippen LogP contribution in [0.1, 0.15) is 16.2 Å². The first kappa shape index (κ1) is 14.8. The van der Waals surface area contributed by atoms with Gasteiger partial charge in [-0.05, 0) is 6.42 Å². The predicted molar refractivity (Wildman–Crippen MR) is 85.5 cm³/mol. The smallest absolute Gasteiger partial charge is 0.272 e. The fourth-order valence-electron chi connectivity index (χ4n) is 3.00. The van der Waals surface area contributed by atoms with E-state index in [2.05, 4.69) is 19.9 Å². The number of H-pyrrole nitrogens is 1. The van der Waals surface area contributed by atoms with Gasteiger partial charge in [-0.15, -0.1) is 0 Å². The molecule has 1 aliphatic rings. The number of ether oxygens (including phenoxy) is 1. The molecule has 1 saturated heterocycles. The second kappa shape index (κ2) is 6.40. The lowest BCUT2D eigenvalue weighted by Crippen LogP contribution is -2.36. The zero-order valence-electron chi connectivity index (χ0n) is 13.1. The van der Waals surface area contributed by atoms with Gasteiger partial charge in [0.2, 0.25) is 0 Å². The third-order valence-corrected chi connectivity index (χ3v) is 4.18. The molecule has 1 unspecified atom stereocenters. The Balaban J connectivity index is 1.48. The second-order valence-corrected chi connectivity index (χ2v) is 5.93. The molecular formula is C16H18N6O2. The fourth-order valence-corrected chi connectivity index (χ4v) is 3.00. The Labute approximate surface area is 138 Å². The molecule has 0 bridgehead atoms. The van der Waals surface area contributed by atoms with Crippen molar-refractivity contribution in [2.75, 3.05) is 26.3 Å². The van der Waals surface area contributed by atoms with Crippen LogP contribution in [0, 0.1) is 5.92 Å². The largest absolute Gasteiger partial charge is 0.379 e. The lowest BCUT2D eigenvalue weighted by molar-refractivity contribution is 0.0732. The summed E-state index contributed by atoms with van der Waals surface area (Å²) in [6.45, 7) is 2.39. The molecule has 24 heavy (non-hydrogen) atoms. The molecule has 0 aromatic carbocycles. The number of nitrogens with zero attached hydrogens (tertiary/aromatic N) is 5. The minimum Gasteiger partial charge on any atom is -0.379 e. The standard InChI is InChI=1S/C16H18N6O2/c23-16(14-6-17-11-20-14)22-3-4-24-10-12(8-22)5-13-9-21-2-1-18-15(21)7-19-13/h1-2,6-7,9,11-12H,3-5,8,10H2,(H,17,20). The molecule has 1 fully saturated rings. The van der Waals surface area contributed by atoms with Crippen molar-refractivity contribution >= 4 is 11.6 Å². The molecule has 4 rings (SSSR count). The van der Waals surface area contributed by atoms with Crippen LogP contribution in [-0.2, 0) is 11.2 Å².